The van der Waals surface area contributed by atoms with E-state index in [1.54, 1.807) is 12.1 Å². The number of carbonyl (C=O) groups is 3. The van der Waals surface area contributed by atoms with Crippen molar-refractivity contribution in [2.24, 2.45) is 17.8 Å². The Morgan fingerprint density at radius 1 is 1.03 bits per heavy atom. The average Bonchev–Trinajstić information content (AvgIpc) is 3.59. The number of anilines is 1. The van der Waals surface area contributed by atoms with Crippen molar-refractivity contribution < 1.29 is 23.9 Å². The van der Waals surface area contributed by atoms with Gasteiger partial charge in [0.15, 0.2) is 0 Å². The number of nitrogens with zero attached hydrogens (tertiary/aromatic N) is 1. The lowest BCUT2D eigenvalue weighted by molar-refractivity contribution is -0.145. The predicted octanol–water partition coefficient (Wildman–Crippen LogP) is 4.20. The molecule has 0 aromatic heterocycles. The summed E-state index contributed by atoms with van der Waals surface area (Å²) in [5.74, 6) is -0.760. The number of amides is 3. The minimum Gasteiger partial charge on any atom is -0.494 e. The highest BCUT2D eigenvalue weighted by atomic mass is 16.5. The van der Waals surface area contributed by atoms with E-state index < -0.39 is 29.6 Å². The van der Waals surface area contributed by atoms with Crippen LogP contribution in [0.2, 0.25) is 0 Å². The maximum Gasteiger partial charge on any atom is 0.246 e. The molecule has 210 valence electrons. The molecule has 3 amide bonds. The van der Waals surface area contributed by atoms with E-state index in [0.717, 1.165) is 57.1 Å². The smallest absolute Gasteiger partial charge is 0.246 e. The van der Waals surface area contributed by atoms with Gasteiger partial charge in [-0.3, -0.25) is 14.4 Å². The summed E-state index contributed by atoms with van der Waals surface area (Å²) in [6, 6.07) is 6.58. The Hall–Kier alpha value is -2.87. The standard InChI is InChI=1S/C31H41N3O5/c1-3-38-22-15-13-20(14-16-22)32-28(35)25-24-17-18-31(39-24)26(25)30(37)34(21-10-5-4-6-11-21)27(31)29(36)33-23-12-8-7-9-19(23)2/h13-19,21,23-27H,3-12H2,1-2H3,(H,32,35)(H,33,36)/t19?,23?,24-,25?,26-,27?,31+/m0/s1. The highest BCUT2D eigenvalue weighted by molar-refractivity contribution is 6.03. The first-order chi connectivity index (χ1) is 18.9. The number of fused-ring (bicyclic) bond motifs is 1. The first-order valence-corrected chi connectivity index (χ1v) is 15.0. The summed E-state index contributed by atoms with van der Waals surface area (Å²) >= 11 is 0. The molecule has 39 heavy (non-hydrogen) atoms. The number of rotatable bonds is 7. The summed E-state index contributed by atoms with van der Waals surface area (Å²) in [6.45, 7) is 4.69. The molecule has 2 N–H and O–H groups in total. The summed E-state index contributed by atoms with van der Waals surface area (Å²) < 4.78 is 12.0. The number of nitrogens with one attached hydrogen (secondary N) is 2. The topological polar surface area (TPSA) is 97.0 Å². The van der Waals surface area contributed by atoms with E-state index in [2.05, 4.69) is 17.6 Å². The summed E-state index contributed by atoms with van der Waals surface area (Å²) in [6.07, 6.45) is 12.6. The molecule has 5 aliphatic rings. The van der Waals surface area contributed by atoms with Gasteiger partial charge in [-0.2, -0.15) is 0 Å². The van der Waals surface area contributed by atoms with E-state index in [-0.39, 0.29) is 29.8 Å². The van der Waals surface area contributed by atoms with Gasteiger partial charge in [0.1, 0.15) is 17.4 Å². The second-order valence-electron chi connectivity index (χ2n) is 12.1. The maximum atomic E-state index is 14.3. The molecule has 2 saturated heterocycles. The van der Waals surface area contributed by atoms with Gasteiger partial charge >= 0.3 is 0 Å². The van der Waals surface area contributed by atoms with Crippen LogP contribution in [0.15, 0.2) is 36.4 Å². The number of ether oxygens (including phenoxy) is 2. The third kappa shape index (κ3) is 4.54. The first kappa shape index (κ1) is 26.4. The van der Waals surface area contributed by atoms with Gasteiger partial charge in [-0.25, -0.2) is 0 Å². The Kier molecular flexibility index (Phi) is 7.16. The molecule has 1 spiro atoms. The Labute approximate surface area is 230 Å². The van der Waals surface area contributed by atoms with E-state index in [1.165, 1.54) is 6.42 Å². The Bertz CT molecular complexity index is 1130. The Balaban J connectivity index is 1.28. The summed E-state index contributed by atoms with van der Waals surface area (Å²) in [7, 11) is 0. The van der Waals surface area contributed by atoms with Crippen molar-refractivity contribution in [2.75, 3.05) is 11.9 Å². The van der Waals surface area contributed by atoms with Crippen LogP contribution in [0.5, 0.6) is 5.75 Å². The molecule has 3 aliphatic heterocycles. The Morgan fingerprint density at radius 3 is 2.46 bits per heavy atom. The van der Waals surface area contributed by atoms with Crippen molar-refractivity contribution >= 4 is 23.4 Å². The van der Waals surface area contributed by atoms with Crippen molar-refractivity contribution in [1.82, 2.24) is 10.2 Å². The number of benzene rings is 1. The third-order valence-electron chi connectivity index (χ3n) is 9.70. The van der Waals surface area contributed by atoms with Crippen LogP contribution in [0.25, 0.3) is 0 Å². The van der Waals surface area contributed by atoms with Crippen LogP contribution in [0.3, 0.4) is 0 Å². The molecule has 8 nitrogen and oxygen atoms in total. The molecular formula is C31H41N3O5. The molecule has 6 rings (SSSR count). The number of hydrogen-bond donors (Lipinski definition) is 2. The highest BCUT2D eigenvalue weighted by Gasteiger charge is 2.73. The minimum absolute atomic E-state index is 0.00312. The van der Waals surface area contributed by atoms with Crippen LogP contribution < -0.4 is 15.4 Å². The molecule has 2 aliphatic carbocycles. The molecular weight excluding hydrogens is 494 g/mol. The molecule has 2 bridgehead atoms. The lowest BCUT2D eigenvalue weighted by atomic mass is 9.74. The summed E-state index contributed by atoms with van der Waals surface area (Å²) in [5.41, 5.74) is -0.471. The normalized spacial score (nSPS) is 35.6. The monoisotopic (exact) mass is 535 g/mol. The van der Waals surface area contributed by atoms with Crippen LogP contribution >= 0.6 is 0 Å². The molecule has 2 saturated carbocycles. The number of likely N-dealkylation sites (tertiary alicyclic amines) is 1. The zero-order valence-corrected chi connectivity index (χ0v) is 23.1. The van der Waals surface area contributed by atoms with E-state index in [4.69, 9.17) is 9.47 Å². The molecule has 1 aromatic rings. The van der Waals surface area contributed by atoms with Gasteiger partial charge < -0.3 is 25.0 Å². The fourth-order valence-corrected chi connectivity index (χ4v) is 7.78. The average molecular weight is 536 g/mol. The van der Waals surface area contributed by atoms with Gasteiger partial charge in [-0.05, 0) is 62.8 Å². The fraction of sp³-hybridized carbons (Fsp3) is 0.645. The van der Waals surface area contributed by atoms with Crippen molar-refractivity contribution in [2.45, 2.75) is 101 Å². The molecule has 0 radical (unpaired) electrons. The molecule has 4 unspecified atom stereocenters. The predicted molar refractivity (Wildman–Crippen MR) is 147 cm³/mol. The van der Waals surface area contributed by atoms with Crippen molar-refractivity contribution in [1.29, 1.82) is 0 Å². The van der Waals surface area contributed by atoms with Crippen molar-refractivity contribution in [3.63, 3.8) is 0 Å². The van der Waals surface area contributed by atoms with Gasteiger partial charge in [0.05, 0.1) is 24.5 Å². The molecule has 8 heteroatoms. The lowest BCUT2D eigenvalue weighted by Crippen LogP contribution is -2.59. The second kappa shape index (κ2) is 10.6. The maximum absolute atomic E-state index is 14.3. The van der Waals surface area contributed by atoms with Crippen LogP contribution in [0.4, 0.5) is 5.69 Å². The third-order valence-corrected chi connectivity index (χ3v) is 9.70. The Morgan fingerprint density at radius 2 is 1.74 bits per heavy atom. The largest absolute Gasteiger partial charge is 0.494 e. The van der Waals surface area contributed by atoms with E-state index >= 15 is 0 Å². The number of hydrogen-bond acceptors (Lipinski definition) is 5. The van der Waals surface area contributed by atoms with Gasteiger partial charge in [-0.15, -0.1) is 0 Å². The zero-order chi connectivity index (χ0) is 27.1. The lowest BCUT2D eigenvalue weighted by Gasteiger charge is -2.40. The van der Waals surface area contributed by atoms with E-state index in [9.17, 15) is 14.4 Å². The second-order valence-corrected chi connectivity index (χ2v) is 12.1. The van der Waals surface area contributed by atoms with E-state index in [0.29, 0.717) is 18.2 Å². The molecule has 4 fully saturated rings. The summed E-state index contributed by atoms with van der Waals surface area (Å²) in [4.78, 5) is 43.9. The van der Waals surface area contributed by atoms with Crippen molar-refractivity contribution in [3.8, 4) is 5.75 Å². The van der Waals surface area contributed by atoms with Crippen LogP contribution in [-0.4, -0.2) is 59.1 Å². The molecule has 3 heterocycles. The molecule has 7 atom stereocenters. The SMILES string of the molecule is CCOc1ccc(NC(=O)C2[C@@H]3C=C[C@]4(O3)C(C(=O)NC3CCCCC3C)N(C3CCCCC3)C(=O)[C@H]24)cc1. The quantitative estimate of drug-likeness (QED) is 0.510. The minimum atomic E-state index is -1.11. The number of carbonyl (C=O) groups excluding carboxylic acids is 3. The first-order valence-electron chi connectivity index (χ1n) is 15.0. The van der Waals surface area contributed by atoms with Crippen LogP contribution in [0, 0.1) is 17.8 Å². The van der Waals surface area contributed by atoms with Gasteiger partial charge in [0.25, 0.3) is 0 Å². The summed E-state index contributed by atoms with van der Waals surface area (Å²) in [5, 5.41) is 6.33. The van der Waals surface area contributed by atoms with Gasteiger partial charge in [-0.1, -0.05) is 51.2 Å². The van der Waals surface area contributed by atoms with Crippen LogP contribution in [0.1, 0.15) is 71.6 Å². The molecule has 1 aromatic carbocycles. The fourth-order valence-electron chi connectivity index (χ4n) is 7.78. The van der Waals surface area contributed by atoms with Gasteiger partial charge in [0, 0.05) is 17.8 Å². The van der Waals surface area contributed by atoms with Crippen LogP contribution in [-0.2, 0) is 19.1 Å². The van der Waals surface area contributed by atoms with E-state index in [1.807, 2.05) is 36.1 Å². The highest BCUT2D eigenvalue weighted by Crippen LogP contribution is 2.56. The zero-order valence-electron chi connectivity index (χ0n) is 23.1. The van der Waals surface area contributed by atoms with Crippen molar-refractivity contribution in [3.05, 3.63) is 36.4 Å². The van der Waals surface area contributed by atoms with Gasteiger partial charge in [0.2, 0.25) is 17.7 Å².